The minimum Gasteiger partial charge on any atom is -0.493 e. The number of aliphatic carboxylic acids is 1. The average Bonchev–Trinajstić information content (AvgIpc) is 2.71. The lowest BCUT2D eigenvalue weighted by molar-refractivity contribution is -0.141. The molecule has 0 spiro atoms. The van der Waals surface area contributed by atoms with Gasteiger partial charge < -0.3 is 30.1 Å². The van der Waals surface area contributed by atoms with E-state index < -0.39 is 12.0 Å². The molecule has 1 saturated heterocycles. The molecule has 3 N–H and O–H groups in total. The normalized spacial score (nSPS) is 15.1. The highest BCUT2D eigenvalue weighted by Crippen LogP contribution is 2.25. The maximum atomic E-state index is 12.3. The second-order valence-electron chi connectivity index (χ2n) is 6.49. The third-order valence-electron chi connectivity index (χ3n) is 4.61. The van der Waals surface area contributed by atoms with Crippen molar-refractivity contribution in [3.8, 4) is 11.5 Å². The largest absolute Gasteiger partial charge is 0.493 e. The average molecular weight is 393 g/mol. The van der Waals surface area contributed by atoms with Crippen molar-refractivity contribution >= 4 is 17.8 Å². The van der Waals surface area contributed by atoms with Crippen LogP contribution in [0.4, 0.5) is 0 Å². The number of para-hydroxylation sites is 2. The summed E-state index contributed by atoms with van der Waals surface area (Å²) >= 11 is 0. The van der Waals surface area contributed by atoms with Crippen LogP contribution in [0, 0.1) is 0 Å². The number of piperazine rings is 1. The first-order valence-corrected chi connectivity index (χ1v) is 9.22. The molecule has 0 saturated carbocycles. The van der Waals surface area contributed by atoms with Gasteiger partial charge in [0, 0.05) is 32.6 Å². The van der Waals surface area contributed by atoms with E-state index in [1.165, 1.54) is 0 Å². The number of hydrogen-bond acceptors (Lipinski definition) is 6. The van der Waals surface area contributed by atoms with Crippen LogP contribution in [0.1, 0.15) is 19.3 Å². The SMILES string of the molecule is COc1ccccc1OCCC(=O)N1CCN(C(=O)CC[C@H](N)C(=O)O)CC1. The van der Waals surface area contributed by atoms with Crippen molar-refractivity contribution in [1.82, 2.24) is 9.80 Å². The summed E-state index contributed by atoms with van der Waals surface area (Å²) in [6.45, 7) is 2.00. The van der Waals surface area contributed by atoms with Crippen LogP contribution in [-0.2, 0) is 14.4 Å². The van der Waals surface area contributed by atoms with Crippen molar-refractivity contribution in [2.45, 2.75) is 25.3 Å². The van der Waals surface area contributed by atoms with Crippen LogP contribution in [-0.4, -0.2) is 78.6 Å². The lowest BCUT2D eigenvalue weighted by Crippen LogP contribution is -2.51. The first kappa shape index (κ1) is 21.5. The standard InChI is InChI=1S/C19H27N3O6/c1-27-15-4-2-3-5-16(15)28-13-8-18(24)22-11-9-21(10-12-22)17(23)7-6-14(20)19(25)26/h2-5,14H,6-13,20H2,1H3,(H,25,26)/t14-/m0/s1. The van der Waals surface area contributed by atoms with Gasteiger partial charge in [-0.3, -0.25) is 14.4 Å². The number of rotatable bonds is 9. The van der Waals surface area contributed by atoms with E-state index >= 15 is 0 Å². The molecule has 2 amide bonds. The van der Waals surface area contributed by atoms with E-state index in [0.29, 0.717) is 37.7 Å². The van der Waals surface area contributed by atoms with Crippen molar-refractivity contribution in [2.75, 3.05) is 39.9 Å². The van der Waals surface area contributed by atoms with Gasteiger partial charge in [0.05, 0.1) is 20.1 Å². The zero-order chi connectivity index (χ0) is 20.5. The molecular weight excluding hydrogens is 366 g/mol. The van der Waals surface area contributed by atoms with E-state index in [1.54, 1.807) is 29.0 Å². The van der Waals surface area contributed by atoms with Crippen molar-refractivity contribution in [3.05, 3.63) is 24.3 Å². The fraction of sp³-hybridized carbons (Fsp3) is 0.526. The fourth-order valence-electron chi connectivity index (χ4n) is 2.91. The number of carbonyl (C=O) groups excluding carboxylic acids is 2. The Balaban J connectivity index is 1.70. The zero-order valence-electron chi connectivity index (χ0n) is 16.0. The van der Waals surface area contributed by atoms with Crippen LogP contribution < -0.4 is 15.2 Å². The number of carboxylic acids is 1. The Morgan fingerprint density at radius 1 is 1.04 bits per heavy atom. The van der Waals surface area contributed by atoms with Crippen LogP contribution in [0.2, 0.25) is 0 Å². The quantitative estimate of drug-likeness (QED) is 0.620. The minimum absolute atomic E-state index is 0.0325. The van der Waals surface area contributed by atoms with Gasteiger partial charge in [0.2, 0.25) is 11.8 Å². The number of carboxylic acid groups (broad SMARTS) is 1. The van der Waals surface area contributed by atoms with Crippen molar-refractivity contribution in [1.29, 1.82) is 0 Å². The monoisotopic (exact) mass is 393 g/mol. The Labute approximate surface area is 164 Å². The van der Waals surface area contributed by atoms with E-state index in [4.69, 9.17) is 20.3 Å². The number of nitrogens with zero attached hydrogens (tertiary/aromatic N) is 2. The summed E-state index contributed by atoms with van der Waals surface area (Å²) in [7, 11) is 1.56. The summed E-state index contributed by atoms with van der Waals surface area (Å²) in [6, 6.07) is 6.21. The molecular formula is C19H27N3O6. The molecule has 1 fully saturated rings. The molecule has 0 aromatic heterocycles. The Hall–Kier alpha value is -2.81. The smallest absolute Gasteiger partial charge is 0.320 e. The number of methoxy groups -OCH3 is 1. The van der Waals surface area contributed by atoms with Gasteiger partial charge in [-0.25, -0.2) is 0 Å². The van der Waals surface area contributed by atoms with Crippen LogP contribution >= 0.6 is 0 Å². The number of amides is 2. The second-order valence-corrected chi connectivity index (χ2v) is 6.49. The van der Waals surface area contributed by atoms with E-state index in [2.05, 4.69) is 0 Å². The number of nitrogens with two attached hydrogens (primary N) is 1. The van der Waals surface area contributed by atoms with E-state index in [9.17, 15) is 14.4 Å². The molecule has 0 unspecified atom stereocenters. The molecule has 1 aromatic rings. The van der Waals surface area contributed by atoms with E-state index in [0.717, 1.165) is 0 Å². The van der Waals surface area contributed by atoms with Crippen LogP contribution in [0.25, 0.3) is 0 Å². The maximum Gasteiger partial charge on any atom is 0.320 e. The third-order valence-corrected chi connectivity index (χ3v) is 4.61. The second kappa shape index (κ2) is 10.5. The summed E-state index contributed by atoms with van der Waals surface area (Å²) < 4.78 is 10.8. The van der Waals surface area contributed by atoms with Gasteiger partial charge in [-0.05, 0) is 18.6 Å². The first-order chi connectivity index (χ1) is 13.4. The van der Waals surface area contributed by atoms with Crippen LogP contribution in [0.15, 0.2) is 24.3 Å². The maximum absolute atomic E-state index is 12.3. The van der Waals surface area contributed by atoms with Crippen molar-refractivity contribution in [3.63, 3.8) is 0 Å². The summed E-state index contributed by atoms with van der Waals surface area (Å²) in [5.41, 5.74) is 5.42. The van der Waals surface area contributed by atoms with Crippen molar-refractivity contribution in [2.24, 2.45) is 5.73 Å². The predicted octanol–water partition coefficient (Wildman–Crippen LogP) is 0.327. The molecule has 0 bridgehead atoms. The van der Waals surface area contributed by atoms with Gasteiger partial charge in [0.25, 0.3) is 0 Å². The lowest BCUT2D eigenvalue weighted by Gasteiger charge is -2.35. The topological polar surface area (TPSA) is 122 Å². The van der Waals surface area contributed by atoms with Gasteiger partial charge in [-0.1, -0.05) is 12.1 Å². The Morgan fingerprint density at radius 2 is 1.57 bits per heavy atom. The van der Waals surface area contributed by atoms with Crippen molar-refractivity contribution < 1.29 is 29.0 Å². The molecule has 154 valence electrons. The molecule has 1 heterocycles. The molecule has 1 aliphatic rings. The van der Waals surface area contributed by atoms with E-state index in [-0.39, 0.29) is 37.7 Å². The Kier molecular flexibility index (Phi) is 8.06. The molecule has 9 nitrogen and oxygen atoms in total. The minimum atomic E-state index is -1.11. The van der Waals surface area contributed by atoms with Gasteiger partial charge in [0.15, 0.2) is 11.5 Å². The molecule has 9 heteroatoms. The summed E-state index contributed by atoms with van der Waals surface area (Å²) in [5.74, 6) is -0.0748. The summed E-state index contributed by atoms with van der Waals surface area (Å²) in [5, 5.41) is 8.76. The van der Waals surface area contributed by atoms with Gasteiger partial charge in [0.1, 0.15) is 6.04 Å². The molecule has 2 rings (SSSR count). The van der Waals surface area contributed by atoms with Gasteiger partial charge in [-0.2, -0.15) is 0 Å². The highest BCUT2D eigenvalue weighted by Gasteiger charge is 2.24. The number of ether oxygens (including phenoxy) is 2. The molecule has 0 aliphatic carbocycles. The fourth-order valence-corrected chi connectivity index (χ4v) is 2.91. The molecule has 0 radical (unpaired) electrons. The summed E-state index contributed by atoms with van der Waals surface area (Å²) in [4.78, 5) is 38.5. The highest BCUT2D eigenvalue weighted by atomic mass is 16.5. The zero-order valence-corrected chi connectivity index (χ0v) is 16.0. The number of carbonyl (C=O) groups is 3. The highest BCUT2D eigenvalue weighted by molar-refractivity contribution is 5.79. The predicted molar refractivity (Wildman–Crippen MR) is 101 cm³/mol. The molecule has 1 atom stereocenters. The Morgan fingerprint density at radius 3 is 2.11 bits per heavy atom. The lowest BCUT2D eigenvalue weighted by atomic mass is 10.1. The summed E-state index contributed by atoms with van der Waals surface area (Å²) in [6.07, 6.45) is 0.432. The van der Waals surface area contributed by atoms with Crippen LogP contribution in [0.5, 0.6) is 11.5 Å². The van der Waals surface area contributed by atoms with E-state index in [1.807, 2.05) is 12.1 Å². The van der Waals surface area contributed by atoms with Crippen LogP contribution in [0.3, 0.4) is 0 Å². The third kappa shape index (κ3) is 6.12. The number of hydrogen-bond donors (Lipinski definition) is 2. The van der Waals surface area contributed by atoms with Gasteiger partial charge >= 0.3 is 5.97 Å². The van der Waals surface area contributed by atoms with Gasteiger partial charge in [-0.15, -0.1) is 0 Å². The molecule has 1 aromatic carbocycles. The first-order valence-electron chi connectivity index (χ1n) is 9.22. The molecule has 1 aliphatic heterocycles. The molecule has 28 heavy (non-hydrogen) atoms. The Bertz CT molecular complexity index is 688. The number of benzene rings is 1.